The Hall–Kier alpha value is -3.43. The third-order valence-electron chi connectivity index (χ3n) is 5.64. The Morgan fingerprint density at radius 2 is 1.76 bits per heavy atom. The van der Waals surface area contributed by atoms with E-state index in [1.165, 1.54) is 25.3 Å². The van der Waals surface area contributed by atoms with Crippen LogP contribution in [0.2, 0.25) is 0 Å². The third-order valence-corrected chi connectivity index (χ3v) is 7.35. The van der Waals surface area contributed by atoms with E-state index in [1.54, 1.807) is 40.1 Å². The zero-order valence-electron chi connectivity index (χ0n) is 18.3. The lowest BCUT2D eigenvalue weighted by molar-refractivity contribution is -0.117. The zero-order valence-corrected chi connectivity index (χ0v) is 19.1. The van der Waals surface area contributed by atoms with E-state index in [2.05, 4.69) is 0 Å². The number of aliphatic hydroxyl groups excluding tert-OH is 1. The molecule has 1 N–H and O–H groups in total. The first kappa shape index (κ1) is 22.8. The van der Waals surface area contributed by atoms with Crippen LogP contribution in [0.5, 0.6) is 0 Å². The highest BCUT2D eigenvalue weighted by atomic mass is 32.2. The molecule has 3 aromatic rings. The summed E-state index contributed by atoms with van der Waals surface area (Å²) >= 11 is 0. The number of aliphatic hydroxyl groups is 1. The van der Waals surface area contributed by atoms with Crippen LogP contribution in [0.3, 0.4) is 0 Å². The van der Waals surface area contributed by atoms with Gasteiger partial charge in [-0.3, -0.25) is 9.59 Å². The molecule has 172 valence electrons. The van der Waals surface area contributed by atoms with Crippen molar-refractivity contribution in [3.05, 3.63) is 66.6 Å². The fraction of sp³-hybridized carbons (Fsp3) is 0.250. The van der Waals surface area contributed by atoms with Crippen LogP contribution < -0.4 is 9.80 Å². The molecule has 2 heterocycles. The average molecular weight is 469 g/mol. The van der Waals surface area contributed by atoms with Crippen molar-refractivity contribution in [2.24, 2.45) is 0 Å². The molecule has 1 aliphatic heterocycles. The number of carbonyl (C=O) groups excluding carboxylic acids is 2. The summed E-state index contributed by atoms with van der Waals surface area (Å²) in [4.78, 5) is 28.9. The van der Waals surface area contributed by atoms with Crippen LogP contribution >= 0.6 is 0 Å². The van der Waals surface area contributed by atoms with Crippen molar-refractivity contribution in [1.29, 1.82) is 0 Å². The fourth-order valence-electron chi connectivity index (χ4n) is 4.10. The third kappa shape index (κ3) is 4.29. The molecule has 9 heteroatoms. The summed E-state index contributed by atoms with van der Waals surface area (Å²) in [6, 6.07) is 14.8. The summed E-state index contributed by atoms with van der Waals surface area (Å²) in [6.45, 7) is 3.23. The average Bonchev–Trinajstić information content (AvgIpc) is 3.32. The number of benzene rings is 2. The van der Waals surface area contributed by atoms with Crippen LogP contribution in [0.4, 0.5) is 11.4 Å². The Kier molecular flexibility index (Phi) is 6.09. The van der Waals surface area contributed by atoms with E-state index < -0.39 is 16.4 Å². The number of fused-ring (bicyclic) bond motifs is 1. The number of hydrogen-bond donors (Lipinski definition) is 1. The second kappa shape index (κ2) is 8.84. The molecule has 0 spiro atoms. The van der Waals surface area contributed by atoms with Crippen molar-refractivity contribution in [2.75, 3.05) is 28.7 Å². The van der Waals surface area contributed by atoms with Crippen molar-refractivity contribution in [3.63, 3.8) is 0 Å². The molecule has 2 aromatic carbocycles. The number of carbonyl (C=O) groups is 2. The number of rotatable bonds is 5. The Labute approximate surface area is 192 Å². The zero-order chi connectivity index (χ0) is 23.8. The van der Waals surface area contributed by atoms with Gasteiger partial charge >= 0.3 is 0 Å². The summed E-state index contributed by atoms with van der Waals surface area (Å²) in [7, 11) is -3.55. The van der Waals surface area contributed by atoms with E-state index in [4.69, 9.17) is 9.52 Å². The van der Waals surface area contributed by atoms with Gasteiger partial charge < -0.3 is 19.3 Å². The molecule has 8 nitrogen and oxygen atoms in total. The van der Waals surface area contributed by atoms with E-state index in [0.717, 1.165) is 11.1 Å². The van der Waals surface area contributed by atoms with Gasteiger partial charge in [0.05, 0.1) is 40.9 Å². The van der Waals surface area contributed by atoms with E-state index >= 15 is 0 Å². The minimum Gasteiger partial charge on any atom is -0.459 e. The molecular formula is C24H24N2O6S. The topological polar surface area (TPSA) is 108 Å². The van der Waals surface area contributed by atoms with Crippen LogP contribution in [-0.2, 0) is 14.6 Å². The molecule has 0 fully saturated rings. The Balaban J connectivity index is 1.77. The first-order chi connectivity index (χ1) is 15.7. The summed E-state index contributed by atoms with van der Waals surface area (Å²) in [5.41, 5.74) is 2.69. The first-order valence-electron chi connectivity index (χ1n) is 10.5. The van der Waals surface area contributed by atoms with E-state index in [9.17, 15) is 18.0 Å². The van der Waals surface area contributed by atoms with E-state index in [-0.39, 0.29) is 34.3 Å². The van der Waals surface area contributed by atoms with E-state index in [1.807, 2.05) is 19.1 Å². The van der Waals surface area contributed by atoms with Crippen molar-refractivity contribution < 1.29 is 27.5 Å². The first-order valence-corrected chi connectivity index (χ1v) is 12.1. The van der Waals surface area contributed by atoms with Gasteiger partial charge in [-0.25, -0.2) is 8.42 Å². The van der Waals surface area contributed by atoms with Gasteiger partial charge in [0.15, 0.2) is 15.6 Å². The molecule has 0 unspecified atom stereocenters. The maximum Gasteiger partial charge on any atom is 0.294 e. The van der Waals surface area contributed by atoms with Crippen LogP contribution in [0.1, 0.15) is 24.4 Å². The highest BCUT2D eigenvalue weighted by Gasteiger charge is 2.35. The van der Waals surface area contributed by atoms with Crippen molar-refractivity contribution >= 4 is 33.0 Å². The minimum atomic E-state index is -3.55. The summed E-state index contributed by atoms with van der Waals surface area (Å²) < 4.78 is 29.7. The Morgan fingerprint density at radius 3 is 2.36 bits per heavy atom. The van der Waals surface area contributed by atoms with Crippen LogP contribution in [-0.4, -0.2) is 50.3 Å². The second-order valence-corrected chi connectivity index (χ2v) is 10.0. The minimum absolute atomic E-state index is 0.125. The van der Waals surface area contributed by atoms with Crippen LogP contribution in [0, 0.1) is 0 Å². The maximum absolute atomic E-state index is 13.2. The number of anilines is 2. The molecule has 0 radical (unpaired) electrons. The molecule has 0 bridgehead atoms. The van der Waals surface area contributed by atoms with Gasteiger partial charge in [0.2, 0.25) is 5.91 Å². The molecular weight excluding hydrogens is 444 g/mol. The molecule has 1 aliphatic rings. The van der Waals surface area contributed by atoms with Crippen LogP contribution in [0.25, 0.3) is 11.1 Å². The highest BCUT2D eigenvalue weighted by molar-refractivity contribution is 7.91. The Bertz CT molecular complexity index is 1280. The van der Waals surface area contributed by atoms with Crippen molar-refractivity contribution in [3.8, 4) is 11.1 Å². The number of nitrogens with zero attached hydrogens (tertiary/aromatic N) is 2. The molecule has 0 saturated heterocycles. The SMILES string of the molecule is CC(=O)N1c2ccc(-c3ccc(S(=O)(=O)CCO)cc3)cc2N(C(=O)c2ccco2)C[C@@H]1C. The maximum atomic E-state index is 13.2. The lowest BCUT2D eigenvalue weighted by Gasteiger charge is -2.40. The van der Waals surface area contributed by atoms with Gasteiger partial charge in [0.25, 0.3) is 5.91 Å². The van der Waals surface area contributed by atoms with Crippen LogP contribution in [0.15, 0.2) is 70.2 Å². The van der Waals surface area contributed by atoms with Crippen molar-refractivity contribution in [1.82, 2.24) is 0 Å². The summed E-state index contributed by atoms with van der Waals surface area (Å²) in [5, 5.41) is 8.98. The number of hydrogen-bond acceptors (Lipinski definition) is 6. The molecule has 33 heavy (non-hydrogen) atoms. The predicted molar refractivity (Wildman–Crippen MR) is 124 cm³/mol. The van der Waals surface area contributed by atoms with Crippen molar-refractivity contribution in [2.45, 2.75) is 24.8 Å². The Morgan fingerprint density at radius 1 is 1.06 bits per heavy atom. The lowest BCUT2D eigenvalue weighted by atomic mass is 10.0. The smallest absolute Gasteiger partial charge is 0.294 e. The summed E-state index contributed by atoms with van der Waals surface area (Å²) in [5.74, 6) is -0.569. The molecule has 1 atom stereocenters. The van der Waals surface area contributed by atoms with Gasteiger partial charge in [-0.2, -0.15) is 0 Å². The predicted octanol–water partition coefficient (Wildman–Crippen LogP) is 3.11. The number of furan rings is 1. The van der Waals surface area contributed by atoms with Gasteiger partial charge in [-0.05, 0) is 54.4 Å². The quantitative estimate of drug-likeness (QED) is 0.616. The van der Waals surface area contributed by atoms with Gasteiger partial charge in [-0.1, -0.05) is 18.2 Å². The molecule has 2 amide bonds. The number of amides is 2. The highest BCUT2D eigenvalue weighted by Crippen LogP contribution is 2.39. The molecule has 4 rings (SSSR count). The molecule has 0 saturated carbocycles. The second-order valence-electron chi connectivity index (χ2n) is 7.90. The standard InChI is InChI=1S/C24H24N2O6S/c1-16-15-25(24(29)23-4-3-12-32-23)22-14-19(7-10-21(22)26(16)17(2)28)18-5-8-20(9-6-18)33(30,31)13-11-27/h3-10,12,14,16,27H,11,13,15H2,1-2H3/t16-/m0/s1. The van der Waals surface area contributed by atoms with Gasteiger partial charge in [0, 0.05) is 13.5 Å². The monoisotopic (exact) mass is 468 g/mol. The van der Waals surface area contributed by atoms with Gasteiger partial charge in [0.1, 0.15) is 0 Å². The van der Waals surface area contributed by atoms with E-state index in [0.29, 0.717) is 17.9 Å². The summed E-state index contributed by atoms with van der Waals surface area (Å²) in [6.07, 6.45) is 1.44. The largest absolute Gasteiger partial charge is 0.459 e. The molecule has 1 aromatic heterocycles. The fourth-order valence-corrected chi connectivity index (χ4v) is 5.13. The molecule has 0 aliphatic carbocycles. The van der Waals surface area contributed by atoms with Gasteiger partial charge in [-0.15, -0.1) is 0 Å². The normalized spacial score (nSPS) is 15.9. The lowest BCUT2D eigenvalue weighted by Crippen LogP contribution is -2.51. The number of sulfone groups is 1.